The predicted molar refractivity (Wildman–Crippen MR) is 113 cm³/mol. The molecular formula is C24H20ClN2+. The molecule has 3 aromatic heterocycles. The van der Waals surface area contributed by atoms with Gasteiger partial charge in [0.15, 0.2) is 6.54 Å². The van der Waals surface area contributed by atoms with Crippen molar-refractivity contribution in [3.63, 3.8) is 0 Å². The van der Waals surface area contributed by atoms with Crippen LogP contribution in [0, 0.1) is 6.92 Å². The molecule has 5 aromatic rings. The summed E-state index contributed by atoms with van der Waals surface area (Å²) in [6.45, 7) is 2.89. The van der Waals surface area contributed by atoms with E-state index in [0.717, 1.165) is 6.54 Å². The zero-order valence-corrected chi connectivity index (χ0v) is 15.9. The zero-order valence-electron chi connectivity index (χ0n) is 15.2. The molecule has 0 amide bonds. The van der Waals surface area contributed by atoms with E-state index in [-0.39, 0.29) is 0 Å². The summed E-state index contributed by atoms with van der Waals surface area (Å²) in [7, 11) is 0. The van der Waals surface area contributed by atoms with E-state index in [0.29, 0.717) is 5.88 Å². The summed E-state index contributed by atoms with van der Waals surface area (Å²) in [6.07, 6.45) is 2.15. The van der Waals surface area contributed by atoms with Crippen LogP contribution in [0.2, 0.25) is 0 Å². The lowest BCUT2D eigenvalue weighted by molar-refractivity contribution is -0.654. The Hall–Kier alpha value is -2.84. The van der Waals surface area contributed by atoms with E-state index in [9.17, 15) is 0 Å². The van der Waals surface area contributed by atoms with Crippen LogP contribution >= 0.6 is 11.6 Å². The van der Waals surface area contributed by atoms with Gasteiger partial charge in [-0.05, 0) is 43.3 Å². The third-order valence-electron chi connectivity index (χ3n) is 5.29. The number of halogens is 1. The molecule has 3 heterocycles. The molecule has 0 saturated carbocycles. The molecule has 0 aliphatic heterocycles. The van der Waals surface area contributed by atoms with Crippen LogP contribution in [0.3, 0.4) is 0 Å². The summed E-state index contributed by atoms with van der Waals surface area (Å²) in [5.74, 6) is 0.572. The van der Waals surface area contributed by atoms with E-state index in [1.54, 1.807) is 0 Å². The number of fused-ring (bicyclic) bond motifs is 5. The highest BCUT2D eigenvalue weighted by Crippen LogP contribution is 2.33. The number of alkyl halides is 1. The highest BCUT2D eigenvalue weighted by molar-refractivity contribution is 6.17. The molecule has 2 aromatic carbocycles. The summed E-state index contributed by atoms with van der Waals surface area (Å²) in [6, 6.07) is 26.0. The van der Waals surface area contributed by atoms with Crippen molar-refractivity contribution in [2.24, 2.45) is 0 Å². The van der Waals surface area contributed by atoms with E-state index in [2.05, 4.69) is 94.9 Å². The molecule has 0 aliphatic rings. The Balaban J connectivity index is 2.05. The van der Waals surface area contributed by atoms with Crippen LogP contribution in [0.1, 0.15) is 5.56 Å². The number of hydrogen-bond acceptors (Lipinski definition) is 0. The van der Waals surface area contributed by atoms with Gasteiger partial charge in [0.25, 0.3) is 0 Å². The van der Waals surface area contributed by atoms with Crippen molar-refractivity contribution in [1.29, 1.82) is 0 Å². The maximum Gasteiger partial charge on any atom is 0.237 e. The van der Waals surface area contributed by atoms with Crippen molar-refractivity contribution in [3.05, 3.63) is 84.6 Å². The van der Waals surface area contributed by atoms with Crippen molar-refractivity contribution in [2.75, 3.05) is 5.88 Å². The molecule has 132 valence electrons. The third kappa shape index (κ3) is 2.52. The first-order valence-corrected chi connectivity index (χ1v) is 9.79. The average molecular weight is 372 g/mol. The first-order chi connectivity index (χ1) is 13.3. The van der Waals surface area contributed by atoms with Crippen LogP contribution in [0.25, 0.3) is 38.6 Å². The summed E-state index contributed by atoms with van der Waals surface area (Å²) >= 11 is 6.24. The Morgan fingerprint density at radius 1 is 0.889 bits per heavy atom. The number of para-hydroxylation sites is 1. The Morgan fingerprint density at radius 3 is 2.48 bits per heavy atom. The molecule has 0 radical (unpaired) electrons. The fraction of sp³-hybridized carbons (Fsp3) is 0.125. The molecule has 2 nitrogen and oxygen atoms in total. The highest BCUT2D eigenvalue weighted by atomic mass is 35.5. The van der Waals surface area contributed by atoms with Crippen LogP contribution in [0.5, 0.6) is 0 Å². The smallest absolute Gasteiger partial charge is 0.237 e. The minimum Gasteiger partial charge on any atom is -0.311 e. The fourth-order valence-electron chi connectivity index (χ4n) is 4.08. The second-order valence-electron chi connectivity index (χ2n) is 6.97. The molecule has 0 spiro atoms. The van der Waals surface area contributed by atoms with Gasteiger partial charge >= 0.3 is 0 Å². The molecule has 27 heavy (non-hydrogen) atoms. The number of nitrogens with zero attached hydrogens (tertiary/aromatic N) is 2. The highest BCUT2D eigenvalue weighted by Gasteiger charge is 2.25. The van der Waals surface area contributed by atoms with Gasteiger partial charge < -0.3 is 4.40 Å². The fourth-order valence-corrected chi connectivity index (χ4v) is 4.25. The zero-order chi connectivity index (χ0) is 18.4. The van der Waals surface area contributed by atoms with Gasteiger partial charge in [0.2, 0.25) is 11.2 Å². The second-order valence-corrected chi connectivity index (χ2v) is 7.35. The maximum atomic E-state index is 6.24. The van der Waals surface area contributed by atoms with Crippen LogP contribution in [-0.2, 0) is 6.54 Å². The van der Waals surface area contributed by atoms with Crippen molar-refractivity contribution in [1.82, 2.24) is 4.40 Å². The summed E-state index contributed by atoms with van der Waals surface area (Å²) < 4.78 is 4.66. The third-order valence-corrected chi connectivity index (χ3v) is 5.46. The summed E-state index contributed by atoms with van der Waals surface area (Å²) in [5, 5.41) is 2.54. The maximum absolute atomic E-state index is 6.24. The Bertz CT molecular complexity index is 1280. The van der Waals surface area contributed by atoms with Gasteiger partial charge in [-0.3, -0.25) is 0 Å². The van der Waals surface area contributed by atoms with Gasteiger partial charge in [0.1, 0.15) is 5.52 Å². The molecule has 0 atom stereocenters. The summed E-state index contributed by atoms with van der Waals surface area (Å²) in [4.78, 5) is 0. The van der Waals surface area contributed by atoms with Gasteiger partial charge in [-0.2, -0.15) is 4.57 Å². The van der Waals surface area contributed by atoms with Crippen molar-refractivity contribution >= 4 is 38.9 Å². The average Bonchev–Trinajstić information content (AvgIpc) is 3.09. The number of benzene rings is 2. The van der Waals surface area contributed by atoms with Gasteiger partial charge in [-0.25, -0.2) is 0 Å². The van der Waals surface area contributed by atoms with E-state index in [4.69, 9.17) is 11.6 Å². The standard InChI is InChI=1S/C24H20ClN2/c1-17-9-11-18(12-10-17)23-24-21(16-19-6-4-5-14-26(19)24)20-7-2-3-8-22(20)27(23)15-13-25/h2-12,14,16H,13,15H2,1H3/q+1. The van der Waals surface area contributed by atoms with E-state index >= 15 is 0 Å². The first kappa shape index (κ1) is 16.3. The minimum absolute atomic E-state index is 0.572. The van der Waals surface area contributed by atoms with E-state index < -0.39 is 0 Å². The largest absolute Gasteiger partial charge is 0.311 e. The molecule has 3 heteroatoms. The molecule has 0 unspecified atom stereocenters. The molecule has 0 bridgehead atoms. The van der Waals surface area contributed by atoms with Crippen molar-refractivity contribution in [2.45, 2.75) is 13.5 Å². The molecule has 5 rings (SSSR count). The second kappa shape index (κ2) is 6.40. The van der Waals surface area contributed by atoms with Crippen LogP contribution < -0.4 is 4.57 Å². The first-order valence-electron chi connectivity index (χ1n) is 9.25. The number of aromatic nitrogens is 2. The quantitative estimate of drug-likeness (QED) is 0.282. The normalized spacial score (nSPS) is 11.6. The number of pyridine rings is 2. The lowest BCUT2D eigenvalue weighted by atomic mass is 10.0. The van der Waals surface area contributed by atoms with E-state index in [1.807, 2.05) is 0 Å². The monoisotopic (exact) mass is 371 g/mol. The van der Waals surface area contributed by atoms with Crippen LogP contribution in [0.15, 0.2) is 79.0 Å². The van der Waals surface area contributed by atoms with Gasteiger partial charge in [-0.15, -0.1) is 11.6 Å². The lowest BCUT2D eigenvalue weighted by Gasteiger charge is -2.10. The predicted octanol–water partition coefficient (Wildman–Crippen LogP) is 5.75. The summed E-state index contributed by atoms with van der Waals surface area (Å²) in [5.41, 5.74) is 7.35. The molecular weight excluding hydrogens is 352 g/mol. The minimum atomic E-state index is 0.572. The van der Waals surface area contributed by atoms with Crippen LogP contribution in [0.4, 0.5) is 0 Å². The van der Waals surface area contributed by atoms with Crippen LogP contribution in [-0.4, -0.2) is 10.3 Å². The SMILES string of the molecule is Cc1ccc(-c2c3c(cc4ccccn43)c3ccccc3[n+]2CCCl)cc1. The van der Waals surface area contributed by atoms with Gasteiger partial charge in [-0.1, -0.05) is 35.9 Å². The number of aryl methyl sites for hydroxylation is 2. The number of rotatable bonds is 3. The van der Waals surface area contributed by atoms with Crippen molar-refractivity contribution < 1.29 is 4.57 Å². The Morgan fingerprint density at radius 2 is 1.67 bits per heavy atom. The number of hydrogen-bond donors (Lipinski definition) is 0. The lowest BCUT2D eigenvalue weighted by Crippen LogP contribution is -2.38. The Kier molecular flexibility index (Phi) is 3.87. The van der Waals surface area contributed by atoms with E-state index in [1.165, 1.54) is 44.1 Å². The van der Waals surface area contributed by atoms with Gasteiger partial charge in [0, 0.05) is 28.7 Å². The molecule has 0 aliphatic carbocycles. The molecule has 0 fully saturated rings. The van der Waals surface area contributed by atoms with Crippen molar-refractivity contribution in [3.8, 4) is 11.3 Å². The Labute approximate surface area is 163 Å². The topological polar surface area (TPSA) is 8.29 Å². The van der Waals surface area contributed by atoms with Gasteiger partial charge in [0.05, 0.1) is 11.3 Å². The molecule has 0 saturated heterocycles. The molecule has 0 N–H and O–H groups in total.